The molecule has 0 aromatic heterocycles. The molecule has 1 aromatic rings. The van der Waals surface area contributed by atoms with E-state index in [0.717, 1.165) is 63.4 Å². The smallest absolute Gasteiger partial charge is 0.329 e. The molecule has 1 aliphatic heterocycles. The molecule has 2 rings (SSSR count). The van der Waals surface area contributed by atoms with Crippen molar-refractivity contribution in [3.8, 4) is 0 Å². The van der Waals surface area contributed by atoms with Gasteiger partial charge in [0.25, 0.3) is 5.91 Å². The van der Waals surface area contributed by atoms with E-state index in [1.807, 2.05) is 44.2 Å². The molecule has 0 radical (unpaired) electrons. The minimum Gasteiger partial charge on any atom is -0.461 e. The van der Waals surface area contributed by atoms with Gasteiger partial charge in [0.05, 0.1) is 12.0 Å². The van der Waals surface area contributed by atoms with Crippen molar-refractivity contribution in [3.05, 3.63) is 35.9 Å². The van der Waals surface area contributed by atoms with Gasteiger partial charge in [-0.15, -0.1) is 0 Å². The Balaban J connectivity index is 2.12. The molecule has 36 heavy (non-hydrogen) atoms. The van der Waals surface area contributed by atoms with E-state index in [4.69, 9.17) is 9.57 Å². The van der Waals surface area contributed by atoms with Crippen LogP contribution in [0.25, 0.3) is 0 Å². The summed E-state index contributed by atoms with van der Waals surface area (Å²) < 4.78 is 5.96. The van der Waals surface area contributed by atoms with Gasteiger partial charge in [-0.3, -0.25) is 14.4 Å². The van der Waals surface area contributed by atoms with Crippen LogP contribution >= 0.6 is 0 Å². The molecule has 1 aromatic carbocycles. The summed E-state index contributed by atoms with van der Waals surface area (Å²) >= 11 is 0. The lowest BCUT2D eigenvalue weighted by Gasteiger charge is -2.47. The van der Waals surface area contributed by atoms with Crippen molar-refractivity contribution < 1.29 is 24.0 Å². The van der Waals surface area contributed by atoms with E-state index in [-0.39, 0.29) is 29.9 Å². The Kier molecular flexibility index (Phi) is 13.5. The van der Waals surface area contributed by atoms with Gasteiger partial charge in [-0.1, -0.05) is 96.6 Å². The number of amides is 2. The van der Waals surface area contributed by atoms with Gasteiger partial charge in [0.1, 0.15) is 18.8 Å². The lowest BCUT2D eigenvalue weighted by Crippen LogP contribution is -2.61. The van der Waals surface area contributed by atoms with Gasteiger partial charge in [-0.2, -0.15) is 0 Å². The van der Waals surface area contributed by atoms with Crippen LogP contribution in [0.3, 0.4) is 0 Å². The molecule has 1 heterocycles. The summed E-state index contributed by atoms with van der Waals surface area (Å²) in [6.07, 6.45) is 9.79. The highest BCUT2D eigenvalue weighted by atomic mass is 16.7. The van der Waals surface area contributed by atoms with Crippen molar-refractivity contribution in [1.29, 1.82) is 0 Å². The second-order valence-corrected chi connectivity index (χ2v) is 10.2. The highest BCUT2D eigenvalue weighted by Crippen LogP contribution is 2.36. The van der Waals surface area contributed by atoms with Crippen LogP contribution in [0.2, 0.25) is 0 Å². The summed E-state index contributed by atoms with van der Waals surface area (Å²) in [4.78, 5) is 43.0. The Morgan fingerprint density at radius 1 is 1.06 bits per heavy atom. The molecule has 0 bridgehead atoms. The summed E-state index contributed by atoms with van der Waals surface area (Å²) in [6.45, 7) is 8.40. The van der Waals surface area contributed by atoms with E-state index in [0.29, 0.717) is 19.4 Å². The molecule has 1 N–H and O–H groups in total. The van der Waals surface area contributed by atoms with E-state index in [1.165, 1.54) is 5.06 Å². The fourth-order valence-corrected chi connectivity index (χ4v) is 4.78. The van der Waals surface area contributed by atoms with Crippen LogP contribution in [-0.4, -0.2) is 41.5 Å². The molecule has 7 heteroatoms. The first-order chi connectivity index (χ1) is 17.4. The normalized spacial score (nSPS) is 19.0. The molecule has 0 unspecified atom stereocenters. The van der Waals surface area contributed by atoms with Gasteiger partial charge >= 0.3 is 5.97 Å². The number of nitrogens with one attached hydrogen (secondary N) is 1. The Bertz CT molecular complexity index is 785. The molecule has 0 spiro atoms. The molecule has 1 fully saturated rings. The number of nitrogens with zero attached hydrogens (tertiary/aromatic N) is 1. The molecular formula is C29H46N2O5. The largest absolute Gasteiger partial charge is 0.461 e. The van der Waals surface area contributed by atoms with Gasteiger partial charge in [-0.25, -0.2) is 9.86 Å². The first-order valence-corrected chi connectivity index (χ1v) is 13.8. The van der Waals surface area contributed by atoms with E-state index < -0.39 is 12.0 Å². The molecule has 0 saturated carbocycles. The molecule has 7 nitrogen and oxygen atoms in total. The molecule has 202 valence electrons. The third-order valence-corrected chi connectivity index (χ3v) is 6.97. The first-order valence-electron chi connectivity index (χ1n) is 13.8. The molecular weight excluding hydrogens is 456 g/mol. The average Bonchev–Trinajstić information content (AvgIpc) is 2.87. The van der Waals surface area contributed by atoms with Gasteiger partial charge in [0.15, 0.2) is 0 Å². The highest BCUT2D eigenvalue weighted by Gasteiger charge is 2.49. The number of ether oxygens (including phenoxy) is 1. The Hall–Kier alpha value is -2.41. The number of carbonyl (C=O) groups excluding carboxylic acids is 3. The van der Waals surface area contributed by atoms with Crippen molar-refractivity contribution in [2.45, 2.75) is 117 Å². The second kappa shape index (κ2) is 16.4. The minimum atomic E-state index is -0.686. The predicted molar refractivity (Wildman–Crippen MR) is 141 cm³/mol. The average molecular weight is 503 g/mol. The van der Waals surface area contributed by atoms with Crippen LogP contribution < -0.4 is 5.32 Å². The van der Waals surface area contributed by atoms with Gasteiger partial charge in [0.2, 0.25) is 6.41 Å². The molecule has 2 amide bonds. The van der Waals surface area contributed by atoms with Crippen LogP contribution in [0.4, 0.5) is 0 Å². The summed E-state index contributed by atoms with van der Waals surface area (Å²) in [7, 11) is 0. The van der Waals surface area contributed by atoms with Crippen LogP contribution in [0, 0.1) is 11.8 Å². The SMILES string of the molecule is CCCCCC[C@@H]1C(=O)N(OCc2ccccc2)[C@H]1C[C@H](CCCCC)OC(=O)[C@@H](NC=O)C(C)C. The van der Waals surface area contributed by atoms with Crippen LogP contribution in [0.15, 0.2) is 30.3 Å². The summed E-state index contributed by atoms with van der Waals surface area (Å²) in [5.41, 5.74) is 1.00. The lowest BCUT2D eigenvalue weighted by atomic mass is 9.81. The third kappa shape index (κ3) is 9.23. The fraction of sp³-hybridized carbons (Fsp3) is 0.690. The van der Waals surface area contributed by atoms with Crippen LogP contribution in [0.1, 0.15) is 97.5 Å². The summed E-state index contributed by atoms with van der Waals surface area (Å²) in [5.74, 6) is -0.588. The van der Waals surface area contributed by atoms with Crippen molar-refractivity contribution >= 4 is 18.3 Å². The van der Waals surface area contributed by atoms with Gasteiger partial charge in [-0.05, 0) is 30.7 Å². The maximum atomic E-state index is 13.0. The third-order valence-electron chi connectivity index (χ3n) is 6.97. The van der Waals surface area contributed by atoms with Crippen molar-refractivity contribution in [3.63, 3.8) is 0 Å². The highest BCUT2D eigenvalue weighted by molar-refractivity contribution is 5.85. The number of benzene rings is 1. The van der Waals surface area contributed by atoms with E-state index >= 15 is 0 Å². The maximum Gasteiger partial charge on any atom is 0.329 e. The maximum absolute atomic E-state index is 13.0. The summed E-state index contributed by atoms with van der Waals surface area (Å²) in [5, 5.41) is 4.11. The summed E-state index contributed by atoms with van der Waals surface area (Å²) in [6, 6.07) is 8.99. The fourth-order valence-electron chi connectivity index (χ4n) is 4.78. The molecule has 1 saturated heterocycles. The Morgan fingerprint density at radius 3 is 2.39 bits per heavy atom. The number of hydrogen-bond donors (Lipinski definition) is 1. The Morgan fingerprint density at radius 2 is 1.75 bits per heavy atom. The van der Waals surface area contributed by atoms with Gasteiger partial charge in [0, 0.05) is 6.42 Å². The zero-order chi connectivity index (χ0) is 26.3. The second-order valence-electron chi connectivity index (χ2n) is 10.2. The van der Waals surface area contributed by atoms with Gasteiger partial charge < -0.3 is 10.1 Å². The van der Waals surface area contributed by atoms with Crippen molar-refractivity contribution in [1.82, 2.24) is 10.4 Å². The zero-order valence-electron chi connectivity index (χ0n) is 22.6. The van der Waals surface area contributed by atoms with Crippen LogP contribution in [-0.2, 0) is 30.6 Å². The molecule has 1 aliphatic rings. The lowest BCUT2D eigenvalue weighted by molar-refractivity contribution is -0.253. The zero-order valence-corrected chi connectivity index (χ0v) is 22.6. The number of hydrogen-bond acceptors (Lipinski definition) is 5. The standard InChI is InChI=1S/C29H46N2O5/c1-5-7-9-14-18-25-26(31(28(25)33)35-20-23-15-12-10-13-16-23)19-24(17-11-8-6-2)36-29(34)27(22(3)4)30-21-32/h10,12-13,15-16,21-22,24-27H,5-9,11,14,17-20H2,1-4H3,(H,30,32)/t24-,25-,26-,27-/m0/s1. The van der Waals surface area contributed by atoms with Crippen LogP contribution in [0.5, 0.6) is 0 Å². The van der Waals surface area contributed by atoms with E-state index in [1.54, 1.807) is 0 Å². The topological polar surface area (TPSA) is 84.9 Å². The number of β-lactam (4-membered cyclic amide) rings is 1. The van der Waals surface area contributed by atoms with E-state index in [9.17, 15) is 14.4 Å². The quantitative estimate of drug-likeness (QED) is 0.116. The monoisotopic (exact) mass is 502 g/mol. The van der Waals surface area contributed by atoms with Crippen molar-refractivity contribution in [2.75, 3.05) is 0 Å². The van der Waals surface area contributed by atoms with E-state index in [2.05, 4.69) is 19.2 Å². The first kappa shape index (κ1) is 29.8. The number of rotatable bonds is 19. The molecule has 4 atom stereocenters. The predicted octanol–water partition coefficient (Wildman–Crippen LogP) is 5.57. The number of esters is 1. The molecule has 0 aliphatic carbocycles. The number of carbonyl (C=O) groups is 3. The Labute approximate surface area is 217 Å². The minimum absolute atomic E-state index is 0.0220. The number of unbranched alkanes of at least 4 members (excludes halogenated alkanes) is 5. The van der Waals surface area contributed by atoms with Crippen molar-refractivity contribution in [2.24, 2.45) is 11.8 Å². The number of hydroxylamine groups is 2.